The summed E-state index contributed by atoms with van der Waals surface area (Å²) in [4.78, 5) is 24.8. The molecule has 5 nitrogen and oxygen atoms in total. The maximum atomic E-state index is 12.4. The lowest BCUT2D eigenvalue weighted by molar-refractivity contribution is 0.0531. The van der Waals surface area contributed by atoms with Crippen molar-refractivity contribution in [3.05, 3.63) is 76.2 Å². The van der Waals surface area contributed by atoms with Crippen LogP contribution in [0.15, 0.2) is 54.6 Å². The van der Waals surface area contributed by atoms with Gasteiger partial charge in [0.25, 0.3) is 0 Å². The summed E-state index contributed by atoms with van der Waals surface area (Å²) in [5.74, 6) is -0.371. The SMILES string of the molecule is CCOC(=O)c1sc(NC(=O)OCC2c3ccccc3-c3ccccc32)cc1C. The molecule has 4 rings (SSSR count). The molecule has 0 radical (unpaired) electrons. The van der Waals surface area contributed by atoms with E-state index in [1.807, 2.05) is 31.2 Å². The first-order valence-electron chi connectivity index (χ1n) is 9.48. The quantitative estimate of drug-likeness (QED) is 0.560. The topological polar surface area (TPSA) is 64.6 Å². The van der Waals surface area contributed by atoms with E-state index >= 15 is 0 Å². The van der Waals surface area contributed by atoms with Gasteiger partial charge >= 0.3 is 12.1 Å². The number of aryl methyl sites for hydroxylation is 1. The highest BCUT2D eigenvalue weighted by Gasteiger charge is 2.29. The number of anilines is 1. The van der Waals surface area contributed by atoms with Gasteiger partial charge in [-0.05, 0) is 47.7 Å². The number of carbonyl (C=O) groups excluding carboxylic acids is 2. The molecule has 0 atom stereocenters. The minimum Gasteiger partial charge on any atom is -0.462 e. The van der Waals surface area contributed by atoms with Crippen LogP contribution in [0.4, 0.5) is 9.80 Å². The number of ether oxygens (including phenoxy) is 2. The molecule has 1 N–H and O–H groups in total. The van der Waals surface area contributed by atoms with Gasteiger partial charge in [0.05, 0.1) is 11.6 Å². The van der Waals surface area contributed by atoms with E-state index in [-0.39, 0.29) is 18.5 Å². The summed E-state index contributed by atoms with van der Waals surface area (Å²) in [6.07, 6.45) is -0.538. The van der Waals surface area contributed by atoms with Gasteiger partial charge < -0.3 is 9.47 Å². The number of fused-ring (bicyclic) bond motifs is 3. The van der Waals surface area contributed by atoms with E-state index in [1.165, 1.54) is 22.5 Å². The molecule has 0 bridgehead atoms. The molecule has 0 unspecified atom stereocenters. The van der Waals surface area contributed by atoms with Gasteiger partial charge in [0.1, 0.15) is 11.5 Å². The van der Waals surface area contributed by atoms with E-state index in [4.69, 9.17) is 9.47 Å². The third-order valence-electron chi connectivity index (χ3n) is 4.95. The fraction of sp³-hybridized carbons (Fsp3) is 0.217. The van der Waals surface area contributed by atoms with Gasteiger partial charge in [0.2, 0.25) is 0 Å². The number of esters is 1. The van der Waals surface area contributed by atoms with Crippen LogP contribution in [-0.2, 0) is 9.47 Å². The van der Waals surface area contributed by atoms with Gasteiger partial charge in [-0.3, -0.25) is 5.32 Å². The number of hydrogen-bond acceptors (Lipinski definition) is 5. The van der Waals surface area contributed by atoms with Crippen molar-refractivity contribution in [2.45, 2.75) is 19.8 Å². The van der Waals surface area contributed by atoms with E-state index in [1.54, 1.807) is 13.0 Å². The van der Waals surface area contributed by atoms with Crippen LogP contribution in [0, 0.1) is 6.92 Å². The smallest absolute Gasteiger partial charge is 0.412 e. The predicted octanol–water partition coefficient (Wildman–Crippen LogP) is 5.59. The van der Waals surface area contributed by atoms with Crippen molar-refractivity contribution in [1.82, 2.24) is 0 Å². The molecular formula is C23H21NO4S. The molecule has 2 aromatic carbocycles. The molecule has 148 valence electrons. The molecular weight excluding hydrogens is 386 g/mol. The van der Waals surface area contributed by atoms with Gasteiger partial charge in [0.15, 0.2) is 0 Å². The Labute approximate surface area is 173 Å². The van der Waals surface area contributed by atoms with Crippen LogP contribution in [0.5, 0.6) is 0 Å². The van der Waals surface area contributed by atoms with Crippen LogP contribution in [-0.4, -0.2) is 25.3 Å². The third-order valence-corrected chi connectivity index (χ3v) is 6.08. The van der Waals surface area contributed by atoms with E-state index < -0.39 is 6.09 Å². The lowest BCUT2D eigenvalue weighted by atomic mass is 9.98. The van der Waals surface area contributed by atoms with E-state index in [0.717, 1.165) is 16.7 Å². The Balaban J connectivity index is 1.44. The number of carbonyl (C=O) groups is 2. The van der Waals surface area contributed by atoms with Crippen LogP contribution >= 0.6 is 11.3 Å². The molecule has 0 fully saturated rings. The average molecular weight is 407 g/mol. The zero-order valence-electron chi connectivity index (χ0n) is 16.2. The molecule has 1 heterocycles. The Kier molecular flexibility index (Phi) is 5.36. The molecule has 3 aromatic rings. The van der Waals surface area contributed by atoms with Crippen molar-refractivity contribution in [3.63, 3.8) is 0 Å². The molecule has 1 aromatic heterocycles. The molecule has 0 spiro atoms. The summed E-state index contributed by atoms with van der Waals surface area (Å²) in [5.41, 5.74) is 5.47. The molecule has 0 saturated carbocycles. The maximum absolute atomic E-state index is 12.4. The second-order valence-electron chi connectivity index (χ2n) is 6.79. The minimum absolute atomic E-state index is 0.00770. The van der Waals surface area contributed by atoms with Crippen molar-refractivity contribution in [1.29, 1.82) is 0 Å². The summed E-state index contributed by atoms with van der Waals surface area (Å²) in [7, 11) is 0. The first kappa shape index (κ1) is 19.2. The summed E-state index contributed by atoms with van der Waals surface area (Å²) in [6.45, 7) is 4.13. The maximum Gasteiger partial charge on any atom is 0.412 e. The first-order valence-corrected chi connectivity index (χ1v) is 10.3. The Morgan fingerprint density at radius 3 is 2.24 bits per heavy atom. The zero-order chi connectivity index (χ0) is 20.4. The van der Waals surface area contributed by atoms with Crippen LogP contribution in [0.1, 0.15) is 39.2 Å². The van der Waals surface area contributed by atoms with E-state index in [0.29, 0.717) is 16.5 Å². The highest BCUT2D eigenvalue weighted by molar-refractivity contribution is 7.18. The molecule has 29 heavy (non-hydrogen) atoms. The lowest BCUT2D eigenvalue weighted by Crippen LogP contribution is -2.17. The van der Waals surface area contributed by atoms with Gasteiger partial charge in [-0.2, -0.15) is 0 Å². The number of amides is 1. The van der Waals surface area contributed by atoms with Gasteiger partial charge in [-0.25, -0.2) is 9.59 Å². The lowest BCUT2D eigenvalue weighted by Gasteiger charge is -2.14. The predicted molar refractivity (Wildman–Crippen MR) is 114 cm³/mol. The van der Waals surface area contributed by atoms with Crippen molar-refractivity contribution in [2.75, 3.05) is 18.5 Å². The third kappa shape index (κ3) is 3.76. The fourth-order valence-electron chi connectivity index (χ4n) is 3.68. The summed E-state index contributed by atoms with van der Waals surface area (Å²) >= 11 is 1.18. The minimum atomic E-state index is -0.538. The van der Waals surface area contributed by atoms with Crippen molar-refractivity contribution < 1.29 is 19.1 Å². The normalized spacial score (nSPS) is 12.2. The van der Waals surface area contributed by atoms with Crippen LogP contribution < -0.4 is 5.32 Å². The molecule has 1 aliphatic rings. The van der Waals surface area contributed by atoms with E-state index in [9.17, 15) is 9.59 Å². The Morgan fingerprint density at radius 2 is 1.62 bits per heavy atom. The number of nitrogens with one attached hydrogen (secondary N) is 1. The molecule has 1 amide bonds. The monoisotopic (exact) mass is 407 g/mol. The van der Waals surface area contributed by atoms with Crippen LogP contribution in [0.25, 0.3) is 11.1 Å². The number of hydrogen-bond donors (Lipinski definition) is 1. The number of rotatable bonds is 5. The second kappa shape index (κ2) is 8.09. The first-order chi connectivity index (χ1) is 14.1. The number of benzene rings is 2. The molecule has 0 aliphatic heterocycles. The van der Waals surface area contributed by atoms with Crippen molar-refractivity contribution in [3.8, 4) is 11.1 Å². The molecule has 0 saturated heterocycles. The van der Waals surface area contributed by atoms with Gasteiger partial charge in [-0.15, -0.1) is 11.3 Å². The Bertz CT molecular complexity index is 1030. The fourth-order valence-corrected chi connectivity index (χ4v) is 4.63. The Morgan fingerprint density at radius 1 is 1.00 bits per heavy atom. The summed E-state index contributed by atoms with van der Waals surface area (Å²) < 4.78 is 10.6. The summed E-state index contributed by atoms with van der Waals surface area (Å²) in [5, 5.41) is 3.28. The summed E-state index contributed by atoms with van der Waals surface area (Å²) in [6, 6.07) is 18.1. The van der Waals surface area contributed by atoms with Crippen molar-refractivity contribution in [2.24, 2.45) is 0 Å². The molecule has 1 aliphatic carbocycles. The zero-order valence-corrected chi connectivity index (χ0v) is 17.0. The van der Waals surface area contributed by atoms with Crippen LogP contribution in [0.3, 0.4) is 0 Å². The van der Waals surface area contributed by atoms with Crippen LogP contribution in [0.2, 0.25) is 0 Å². The van der Waals surface area contributed by atoms with Crippen molar-refractivity contribution >= 4 is 28.4 Å². The molecule has 6 heteroatoms. The van der Waals surface area contributed by atoms with Gasteiger partial charge in [-0.1, -0.05) is 48.5 Å². The largest absolute Gasteiger partial charge is 0.462 e. The standard InChI is InChI=1S/C23H21NO4S/c1-3-27-22(25)21-14(2)12-20(29-21)24-23(26)28-13-19-17-10-6-4-8-15(17)16-9-5-7-11-18(16)19/h4-12,19H,3,13H2,1-2H3,(H,24,26). The van der Waals surface area contributed by atoms with E-state index in [2.05, 4.69) is 29.6 Å². The Hall–Kier alpha value is -3.12. The highest BCUT2D eigenvalue weighted by Crippen LogP contribution is 2.44. The second-order valence-corrected chi connectivity index (χ2v) is 7.85. The van der Waals surface area contributed by atoms with Gasteiger partial charge in [0, 0.05) is 5.92 Å². The average Bonchev–Trinajstić information content (AvgIpc) is 3.24. The number of thiophene rings is 1. The highest BCUT2D eigenvalue weighted by atomic mass is 32.1.